The Labute approximate surface area is 178 Å². The topological polar surface area (TPSA) is 91.7 Å². The molecule has 0 aliphatic carbocycles. The molecule has 1 heterocycles. The van der Waals surface area contributed by atoms with Crippen LogP contribution < -0.4 is 14.8 Å². The summed E-state index contributed by atoms with van der Waals surface area (Å²) in [6.45, 7) is 0. The Hall–Kier alpha value is -3.46. The number of carbonyl (C=O) groups is 2. The van der Waals surface area contributed by atoms with Gasteiger partial charge in [0.2, 0.25) is 0 Å². The van der Waals surface area contributed by atoms with Gasteiger partial charge in [0.25, 0.3) is 5.91 Å². The molecule has 0 bridgehead atoms. The monoisotopic (exact) mass is 427 g/mol. The Morgan fingerprint density at radius 1 is 1.07 bits per heavy atom. The lowest BCUT2D eigenvalue weighted by Gasteiger charge is -2.15. The van der Waals surface area contributed by atoms with E-state index in [1.54, 1.807) is 24.4 Å². The third-order valence-electron chi connectivity index (χ3n) is 4.35. The van der Waals surface area contributed by atoms with Crippen LogP contribution in [0, 0.1) is 0 Å². The van der Waals surface area contributed by atoms with E-state index in [1.165, 1.54) is 45.2 Å². The summed E-state index contributed by atoms with van der Waals surface area (Å²) in [7, 11) is 4.20. The highest BCUT2D eigenvalue weighted by atomic mass is 32.2. The van der Waals surface area contributed by atoms with Crippen LogP contribution in [0.3, 0.4) is 0 Å². The molecule has 0 aliphatic rings. The molecule has 0 unspecified atom stereocenters. The quantitative estimate of drug-likeness (QED) is 0.454. The van der Waals surface area contributed by atoms with Crippen molar-refractivity contribution in [3.05, 3.63) is 59.9 Å². The van der Waals surface area contributed by atoms with Gasteiger partial charge in [0.15, 0.2) is 16.7 Å². The number of thioether (sulfide) groups is 1. The molecule has 0 saturated heterocycles. The predicted octanol–water partition coefficient (Wildman–Crippen LogP) is 3.65. The Morgan fingerprint density at radius 2 is 1.80 bits per heavy atom. The fourth-order valence-corrected chi connectivity index (χ4v) is 3.42. The summed E-state index contributed by atoms with van der Waals surface area (Å²) in [4.78, 5) is 29.4. The maximum Gasteiger partial charge on any atom is 0.340 e. The van der Waals surface area contributed by atoms with Gasteiger partial charge in [-0.15, -0.1) is 0 Å². The number of rotatable bonds is 7. The number of nitrogens with zero attached hydrogens (tertiary/aromatic N) is 2. The first-order chi connectivity index (χ1) is 14.5. The first-order valence-corrected chi connectivity index (χ1v) is 10.1. The minimum absolute atomic E-state index is 0.152. The first kappa shape index (κ1) is 21.3. The summed E-state index contributed by atoms with van der Waals surface area (Å²) >= 11 is 1.50. The maximum atomic E-state index is 12.9. The fourth-order valence-electron chi connectivity index (χ4n) is 2.89. The van der Waals surface area contributed by atoms with Gasteiger partial charge in [0, 0.05) is 35.8 Å². The lowest BCUT2D eigenvalue weighted by molar-refractivity contribution is 0.0601. The minimum atomic E-state index is -0.608. The molecule has 156 valence electrons. The van der Waals surface area contributed by atoms with E-state index in [0.29, 0.717) is 17.1 Å². The van der Waals surface area contributed by atoms with Gasteiger partial charge in [-0.3, -0.25) is 9.36 Å². The highest BCUT2D eigenvalue weighted by Crippen LogP contribution is 2.34. The largest absolute Gasteiger partial charge is 0.493 e. The second-order valence-corrected chi connectivity index (χ2v) is 6.81. The van der Waals surface area contributed by atoms with Crippen LogP contribution in [-0.4, -0.2) is 49.0 Å². The van der Waals surface area contributed by atoms with Gasteiger partial charge in [-0.25, -0.2) is 9.78 Å². The van der Waals surface area contributed by atoms with E-state index in [1.807, 2.05) is 23.1 Å². The fraction of sp³-hybridized carbons (Fsp3) is 0.190. The molecule has 1 amide bonds. The predicted molar refractivity (Wildman–Crippen MR) is 114 cm³/mol. The van der Waals surface area contributed by atoms with Gasteiger partial charge in [0.1, 0.15) is 0 Å². The van der Waals surface area contributed by atoms with Gasteiger partial charge in [0.05, 0.1) is 32.6 Å². The standard InChI is InChI=1S/C21H21N3O5S/c1-27-17-11-15(20(26)29-3)16(12-18(17)28-2)23-19(25)13-6-5-7-14(10-13)24-9-8-22-21(24)30-4/h5-12H,1-4H3,(H,23,25). The van der Waals surface area contributed by atoms with Crippen molar-refractivity contribution in [1.82, 2.24) is 9.55 Å². The number of imidazole rings is 1. The second kappa shape index (κ2) is 9.36. The van der Waals surface area contributed by atoms with Crippen LogP contribution >= 0.6 is 11.8 Å². The minimum Gasteiger partial charge on any atom is -0.493 e. The number of carbonyl (C=O) groups excluding carboxylic acids is 2. The van der Waals surface area contributed by atoms with Crippen molar-refractivity contribution in [3.63, 3.8) is 0 Å². The molecule has 2 aromatic carbocycles. The maximum absolute atomic E-state index is 12.9. The van der Waals surface area contributed by atoms with E-state index in [4.69, 9.17) is 14.2 Å². The molecule has 0 atom stereocenters. The van der Waals surface area contributed by atoms with Gasteiger partial charge in [-0.1, -0.05) is 17.8 Å². The summed E-state index contributed by atoms with van der Waals surface area (Å²) in [5.41, 5.74) is 1.62. The average Bonchev–Trinajstić information content (AvgIpc) is 3.27. The number of ether oxygens (including phenoxy) is 3. The van der Waals surface area contributed by atoms with Crippen LogP contribution in [0.1, 0.15) is 20.7 Å². The summed E-state index contributed by atoms with van der Waals surface area (Å²) < 4.78 is 17.2. The summed E-state index contributed by atoms with van der Waals surface area (Å²) in [5.74, 6) is -0.275. The van der Waals surface area contributed by atoms with Crippen LogP contribution in [-0.2, 0) is 4.74 Å². The lowest BCUT2D eigenvalue weighted by atomic mass is 10.1. The molecule has 0 spiro atoms. The molecular weight excluding hydrogens is 406 g/mol. The number of nitrogens with one attached hydrogen (secondary N) is 1. The van der Waals surface area contributed by atoms with E-state index >= 15 is 0 Å². The van der Waals surface area contributed by atoms with E-state index in [2.05, 4.69) is 10.3 Å². The van der Waals surface area contributed by atoms with Crippen molar-refractivity contribution in [2.24, 2.45) is 0 Å². The highest BCUT2D eigenvalue weighted by molar-refractivity contribution is 7.98. The molecule has 3 rings (SSSR count). The number of esters is 1. The molecule has 0 radical (unpaired) electrons. The molecule has 3 aromatic rings. The smallest absolute Gasteiger partial charge is 0.340 e. The zero-order chi connectivity index (χ0) is 21.7. The Kier molecular flexibility index (Phi) is 6.63. The van der Waals surface area contributed by atoms with Crippen molar-refractivity contribution >= 4 is 29.3 Å². The molecular formula is C21H21N3O5S. The number of amides is 1. The van der Waals surface area contributed by atoms with Crippen LogP contribution in [0.2, 0.25) is 0 Å². The molecule has 9 heteroatoms. The Balaban J connectivity index is 1.96. The molecule has 30 heavy (non-hydrogen) atoms. The number of benzene rings is 2. The van der Waals surface area contributed by atoms with Crippen LogP contribution in [0.4, 0.5) is 5.69 Å². The highest BCUT2D eigenvalue weighted by Gasteiger charge is 2.20. The average molecular weight is 427 g/mol. The van der Waals surface area contributed by atoms with Crippen molar-refractivity contribution in [2.75, 3.05) is 32.9 Å². The Morgan fingerprint density at radius 3 is 2.47 bits per heavy atom. The Bertz CT molecular complexity index is 1080. The summed E-state index contributed by atoms with van der Waals surface area (Å²) in [6.07, 6.45) is 5.46. The molecule has 1 N–H and O–H groups in total. The number of methoxy groups -OCH3 is 3. The van der Waals surface area contributed by atoms with Crippen molar-refractivity contribution < 1.29 is 23.8 Å². The second-order valence-electron chi connectivity index (χ2n) is 6.03. The third-order valence-corrected chi connectivity index (χ3v) is 5.02. The third kappa shape index (κ3) is 4.25. The van der Waals surface area contributed by atoms with Crippen molar-refractivity contribution in [1.29, 1.82) is 0 Å². The zero-order valence-corrected chi connectivity index (χ0v) is 17.8. The summed E-state index contributed by atoms with van der Waals surface area (Å²) in [6, 6.07) is 10.1. The first-order valence-electron chi connectivity index (χ1n) is 8.85. The van der Waals surface area contributed by atoms with E-state index < -0.39 is 5.97 Å². The molecule has 0 aliphatic heterocycles. The molecule has 8 nitrogen and oxygen atoms in total. The van der Waals surface area contributed by atoms with E-state index in [9.17, 15) is 9.59 Å². The lowest BCUT2D eigenvalue weighted by Crippen LogP contribution is -2.16. The van der Waals surface area contributed by atoms with Gasteiger partial charge >= 0.3 is 5.97 Å². The SMILES string of the molecule is COC(=O)c1cc(OC)c(OC)cc1NC(=O)c1cccc(-n2ccnc2SC)c1. The van der Waals surface area contributed by atoms with E-state index in [0.717, 1.165) is 10.8 Å². The normalized spacial score (nSPS) is 10.4. The van der Waals surface area contributed by atoms with E-state index in [-0.39, 0.29) is 17.2 Å². The van der Waals surface area contributed by atoms with Crippen LogP contribution in [0.15, 0.2) is 53.9 Å². The van der Waals surface area contributed by atoms with Crippen molar-refractivity contribution in [3.8, 4) is 17.2 Å². The number of anilines is 1. The number of hydrogen-bond donors (Lipinski definition) is 1. The van der Waals surface area contributed by atoms with Crippen LogP contribution in [0.25, 0.3) is 5.69 Å². The zero-order valence-electron chi connectivity index (χ0n) is 17.0. The number of aromatic nitrogens is 2. The van der Waals surface area contributed by atoms with Gasteiger partial charge in [-0.05, 0) is 24.5 Å². The van der Waals surface area contributed by atoms with Crippen LogP contribution in [0.5, 0.6) is 11.5 Å². The van der Waals surface area contributed by atoms with Gasteiger partial charge in [-0.2, -0.15) is 0 Å². The van der Waals surface area contributed by atoms with Gasteiger partial charge < -0.3 is 19.5 Å². The summed E-state index contributed by atoms with van der Waals surface area (Å²) in [5, 5.41) is 3.57. The van der Waals surface area contributed by atoms with Crippen molar-refractivity contribution in [2.45, 2.75) is 5.16 Å². The molecule has 0 saturated carbocycles. The number of hydrogen-bond acceptors (Lipinski definition) is 7. The molecule has 1 aromatic heterocycles. The molecule has 0 fully saturated rings.